The predicted molar refractivity (Wildman–Crippen MR) is 66.3 cm³/mol. The van der Waals surface area contributed by atoms with E-state index in [0.29, 0.717) is 6.04 Å². The summed E-state index contributed by atoms with van der Waals surface area (Å²) in [6.45, 7) is 2.24. The van der Waals surface area contributed by atoms with Gasteiger partial charge in [-0.1, -0.05) is 60.7 Å². The van der Waals surface area contributed by atoms with Crippen molar-refractivity contribution in [1.82, 2.24) is 5.32 Å². The second-order valence-corrected chi connectivity index (χ2v) is 4.41. The molecule has 1 heteroatoms. The zero-order chi connectivity index (χ0) is 11.0. The minimum atomic E-state index is 0.0442. The Morgan fingerprint density at radius 3 is 1.50 bits per heavy atom. The molecule has 0 aliphatic carbocycles. The Bertz CT molecular complexity index is 436. The second-order valence-electron chi connectivity index (χ2n) is 4.41. The van der Waals surface area contributed by atoms with Crippen LogP contribution in [0.25, 0.3) is 0 Å². The van der Waals surface area contributed by atoms with Gasteiger partial charge >= 0.3 is 0 Å². The van der Waals surface area contributed by atoms with Gasteiger partial charge in [-0.25, -0.2) is 0 Å². The highest BCUT2D eigenvalue weighted by Crippen LogP contribution is 2.43. The fourth-order valence-corrected chi connectivity index (χ4v) is 2.54. The first-order valence-electron chi connectivity index (χ1n) is 5.73. The van der Waals surface area contributed by atoms with Crippen LogP contribution < -0.4 is 5.32 Å². The molecular weight excluding hydrogens is 194 g/mol. The highest BCUT2D eigenvalue weighted by Gasteiger charge is 2.52. The Morgan fingerprint density at radius 2 is 1.19 bits per heavy atom. The Morgan fingerprint density at radius 1 is 0.812 bits per heavy atom. The molecule has 1 atom stereocenters. The molecule has 0 saturated carbocycles. The minimum Gasteiger partial charge on any atom is -0.297 e. The Balaban J connectivity index is 2.10. The number of benzene rings is 2. The normalized spacial score (nSPS) is 21.7. The van der Waals surface area contributed by atoms with E-state index >= 15 is 0 Å². The van der Waals surface area contributed by atoms with Crippen molar-refractivity contribution in [2.24, 2.45) is 0 Å². The Labute approximate surface area is 96.1 Å². The smallest absolute Gasteiger partial charge is 0.0846 e. The summed E-state index contributed by atoms with van der Waals surface area (Å²) in [4.78, 5) is 0. The van der Waals surface area contributed by atoms with Gasteiger partial charge in [0.1, 0.15) is 0 Å². The first-order chi connectivity index (χ1) is 7.84. The molecule has 0 amide bonds. The van der Waals surface area contributed by atoms with Crippen molar-refractivity contribution < 1.29 is 0 Å². The van der Waals surface area contributed by atoms with E-state index < -0.39 is 0 Å². The van der Waals surface area contributed by atoms with E-state index in [1.807, 2.05) is 0 Å². The molecule has 0 spiro atoms. The second kappa shape index (κ2) is 3.46. The van der Waals surface area contributed by atoms with Gasteiger partial charge in [-0.05, 0) is 18.1 Å². The lowest BCUT2D eigenvalue weighted by atomic mass is 9.88. The lowest BCUT2D eigenvalue weighted by Gasteiger charge is -2.15. The van der Waals surface area contributed by atoms with Crippen LogP contribution in [0.4, 0.5) is 0 Å². The summed E-state index contributed by atoms with van der Waals surface area (Å²) in [5.41, 5.74) is 2.75. The zero-order valence-corrected chi connectivity index (χ0v) is 9.35. The van der Waals surface area contributed by atoms with Crippen LogP contribution in [0.3, 0.4) is 0 Å². The van der Waals surface area contributed by atoms with Crippen LogP contribution in [0.2, 0.25) is 0 Å². The van der Waals surface area contributed by atoms with Crippen molar-refractivity contribution in [3.8, 4) is 0 Å². The van der Waals surface area contributed by atoms with Crippen LogP contribution in [0.1, 0.15) is 18.1 Å². The zero-order valence-electron chi connectivity index (χ0n) is 9.35. The van der Waals surface area contributed by atoms with E-state index in [1.165, 1.54) is 11.1 Å². The average Bonchev–Trinajstić information content (AvgIpc) is 3.05. The average molecular weight is 209 g/mol. The van der Waals surface area contributed by atoms with E-state index in [0.717, 1.165) is 0 Å². The molecule has 80 valence electrons. The summed E-state index contributed by atoms with van der Waals surface area (Å²) in [5.74, 6) is 0. The van der Waals surface area contributed by atoms with Gasteiger partial charge in [0.2, 0.25) is 0 Å². The van der Waals surface area contributed by atoms with Crippen LogP contribution in [0, 0.1) is 0 Å². The number of hydrogen-bond acceptors (Lipinski definition) is 1. The van der Waals surface area contributed by atoms with Crippen LogP contribution in [-0.2, 0) is 5.54 Å². The third-order valence-corrected chi connectivity index (χ3v) is 3.47. The van der Waals surface area contributed by atoms with E-state index in [1.54, 1.807) is 0 Å². The van der Waals surface area contributed by atoms with Gasteiger partial charge in [-0.2, -0.15) is 0 Å². The van der Waals surface area contributed by atoms with E-state index in [2.05, 4.69) is 72.9 Å². The van der Waals surface area contributed by atoms with Gasteiger partial charge in [0.15, 0.2) is 0 Å². The highest BCUT2D eigenvalue weighted by molar-refractivity contribution is 5.46. The molecule has 0 radical (unpaired) electrons. The van der Waals surface area contributed by atoms with Gasteiger partial charge < -0.3 is 0 Å². The fourth-order valence-electron chi connectivity index (χ4n) is 2.54. The summed E-state index contributed by atoms with van der Waals surface area (Å²) in [5, 5.41) is 3.58. The van der Waals surface area contributed by atoms with Crippen molar-refractivity contribution in [2.45, 2.75) is 18.5 Å². The maximum absolute atomic E-state index is 3.58. The Kier molecular flexibility index (Phi) is 2.08. The van der Waals surface area contributed by atoms with Gasteiger partial charge in [0.05, 0.1) is 5.54 Å². The molecule has 2 aromatic rings. The number of hydrogen-bond donors (Lipinski definition) is 1. The van der Waals surface area contributed by atoms with Crippen LogP contribution in [0.5, 0.6) is 0 Å². The molecule has 16 heavy (non-hydrogen) atoms. The maximum Gasteiger partial charge on any atom is 0.0846 e. The third-order valence-electron chi connectivity index (χ3n) is 3.47. The van der Waals surface area contributed by atoms with Gasteiger partial charge in [-0.15, -0.1) is 0 Å². The molecule has 1 aliphatic rings. The quantitative estimate of drug-likeness (QED) is 0.755. The fraction of sp³-hybridized carbons (Fsp3) is 0.200. The first-order valence-corrected chi connectivity index (χ1v) is 5.73. The maximum atomic E-state index is 3.58. The topological polar surface area (TPSA) is 21.9 Å². The highest BCUT2D eigenvalue weighted by atomic mass is 15.2. The summed E-state index contributed by atoms with van der Waals surface area (Å²) >= 11 is 0. The standard InChI is InChI=1S/C15H15N/c1-12-15(16-12,13-8-4-2-5-9-13)14-10-6-3-7-11-14/h2-12,16H,1H3/t12-/m0/s1. The predicted octanol–water partition coefficient (Wildman–Crippen LogP) is 2.92. The van der Waals surface area contributed by atoms with Crippen molar-refractivity contribution in [1.29, 1.82) is 0 Å². The molecule has 1 heterocycles. The van der Waals surface area contributed by atoms with Crippen molar-refractivity contribution in [2.75, 3.05) is 0 Å². The van der Waals surface area contributed by atoms with Crippen LogP contribution in [-0.4, -0.2) is 6.04 Å². The molecule has 3 rings (SSSR count). The third kappa shape index (κ3) is 1.29. The first kappa shape index (κ1) is 9.61. The summed E-state index contributed by atoms with van der Waals surface area (Å²) in [6, 6.07) is 21.8. The Hall–Kier alpha value is -1.60. The SMILES string of the molecule is C[C@@H]1NC1(c1ccccc1)c1ccccc1. The summed E-state index contributed by atoms with van der Waals surface area (Å²) in [7, 11) is 0. The van der Waals surface area contributed by atoms with Crippen molar-refractivity contribution in [3.05, 3.63) is 71.8 Å². The van der Waals surface area contributed by atoms with Crippen molar-refractivity contribution in [3.63, 3.8) is 0 Å². The molecule has 0 aromatic heterocycles. The van der Waals surface area contributed by atoms with E-state index in [4.69, 9.17) is 0 Å². The molecule has 1 nitrogen and oxygen atoms in total. The summed E-state index contributed by atoms with van der Waals surface area (Å²) in [6.07, 6.45) is 0. The minimum absolute atomic E-state index is 0.0442. The molecule has 0 bridgehead atoms. The largest absolute Gasteiger partial charge is 0.297 e. The summed E-state index contributed by atoms with van der Waals surface area (Å²) < 4.78 is 0. The molecule has 1 fully saturated rings. The molecule has 2 aromatic carbocycles. The molecular formula is C15H15N. The molecule has 1 N–H and O–H groups in total. The van der Waals surface area contributed by atoms with Crippen LogP contribution in [0.15, 0.2) is 60.7 Å². The monoisotopic (exact) mass is 209 g/mol. The van der Waals surface area contributed by atoms with Gasteiger partial charge in [0.25, 0.3) is 0 Å². The lowest BCUT2D eigenvalue weighted by molar-refractivity contribution is 0.791. The van der Waals surface area contributed by atoms with E-state index in [-0.39, 0.29) is 5.54 Å². The van der Waals surface area contributed by atoms with Crippen molar-refractivity contribution >= 4 is 0 Å². The van der Waals surface area contributed by atoms with Crippen LogP contribution >= 0.6 is 0 Å². The molecule has 1 aliphatic heterocycles. The van der Waals surface area contributed by atoms with E-state index in [9.17, 15) is 0 Å². The molecule has 1 saturated heterocycles. The van der Waals surface area contributed by atoms with Gasteiger partial charge in [-0.3, -0.25) is 5.32 Å². The van der Waals surface area contributed by atoms with Gasteiger partial charge in [0, 0.05) is 6.04 Å². The number of nitrogens with one attached hydrogen (secondary N) is 1. The molecule has 0 unspecified atom stereocenters. The lowest BCUT2D eigenvalue weighted by Crippen LogP contribution is -2.15. The number of rotatable bonds is 2.